The van der Waals surface area contributed by atoms with E-state index < -0.39 is 0 Å². The zero-order valence-electron chi connectivity index (χ0n) is 11.4. The quantitative estimate of drug-likeness (QED) is 0.869. The molecular weight excluding hydrogens is 210 g/mol. The van der Waals surface area contributed by atoms with E-state index in [-0.39, 0.29) is 0 Å². The van der Waals surface area contributed by atoms with Gasteiger partial charge in [-0.2, -0.15) is 0 Å². The number of rotatable bonds is 4. The number of nitrogens with one attached hydrogen (secondary N) is 1. The Kier molecular flexibility index (Phi) is 4.21. The molecule has 96 valence electrons. The average Bonchev–Trinajstić information content (AvgIpc) is 2.68. The Hall–Kier alpha value is -0.830. The Morgan fingerprint density at radius 1 is 1.41 bits per heavy atom. The van der Waals surface area contributed by atoms with Crippen molar-refractivity contribution in [3.8, 4) is 0 Å². The van der Waals surface area contributed by atoms with Crippen LogP contribution >= 0.6 is 0 Å². The molecule has 3 nitrogen and oxygen atoms in total. The maximum absolute atomic E-state index is 4.42. The fourth-order valence-electron chi connectivity index (χ4n) is 2.83. The van der Waals surface area contributed by atoms with Crippen molar-refractivity contribution in [1.82, 2.24) is 14.9 Å². The van der Waals surface area contributed by atoms with Crippen LogP contribution in [0.3, 0.4) is 0 Å². The summed E-state index contributed by atoms with van der Waals surface area (Å²) in [6, 6.07) is 1.36. The number of hydrogen-bond acceptors (Lipinski definition) is 2. The molecule has 1 aromatic rings. The monoisotopic (exact) mass is 235 g/mol. The van der Waals surface area contributed by atoms with Crippen molar-refractivity contribution in [3.63, 3.8) is 0 Å². The van der Waals surface area contributed by atoms with E-state index in [1.807, 2.05) is 6.33 Å². The second-order valence-corrected chi connectivity index (χ2v) is 5.29. The van der Waals surface area contributed by atoms with E-state index >= 15 is 0 Å². The summed E-state index contributed by atoms with van der Waals surface area (Å²) in [7, 11) is 0. The minimum absolute atomic E-state index is 0.652. The fraction of sp³-hybridized carbons (Fsp3) is 0.786. The molecule has 1 aromatic heterocycles. The Morgan fingerprint density at radius 2 is 2.24 bits per heavy atom. The Morgan fingerprint density at radius 3 is 2.88 bits per heavy atom. The lowest BCUT2D eigenvalue weighted by atomic mass is 9.90. The summed E-state index contributed by atoms with van der Waals surface area (Å²) >= 11 is 0. The summed E-state index contributed by atoms with van der Waals surface area (Å²) in [6.45, 7) is 7.67. The second-order valence-electron chi connectivity index (χ2n) is 5.29. The van der Waals surface area contributed by atoms with E-state index in [0.717, 1.165) is 6.54 Å². The third-order valence-electron chi connectivity index (χ3n) is 4.01. The van der Waals surface area contributed by atoms with Crippen LogP contribution in [0.5, 0.6) is 0 Å². The smallest absolute Gasteiger partial charge is 0.0954 e. The van der Waals surface area contributed by atoms with E-state index in [0.29, 0.717) is 12.1 Å². The lowest BCUT2D eigenvalue weighted by Crippen LogP contribution is -2.35. The molecule has 17 heavy (non-hydrogen) atoms. The molecule has 1 aliphatic carbocycles. The van der Waals surface area contributed by atoms with Gasteiger partial charge < -0.3 is 9.88 Å². The molecule has 0 bridgehead atoms. The number of imidazole rings is 1. The molecule has 1 aliphatic rings. The van der Waals surface area contributed by atoms with Gasteiger partial charge in [0, 0.05) is 17.8 Å². The zero-order chi connectivity index (χ0) is 12.3. The molecule has 0 aliphatic heterocycles. The van der Waals surface area contributed by atoms with Gasteiger partial charge in [0.15, 0.2) is 0 Å². The summed E-state index contributed by atoms with van der Waals surface area (Å²) in [6.07, 6.45) is 8.49. The van der Waals surface area contributed by atoms with Crippen LogP contribution in [0.15, 0.2) is 6.33 Å². The lowest BCUT2D eigenvalue weighted by molar-refractivity contribution is 0.282. The molecule has 0 amide bonds. The average molecular weight is 235 g/mol. The second kappa shape index (κ2) is 5.67. The predicted molar refractivity (Wildman–Crippen MR) is 71.3 cm³/mol. The first-order chi connectivity index (χ1) is 8.22. The topological polar surface area (TPSA) is 29.9 Å². The SMILES string of the molecule is CCCNC1CCCC(n2cnc(C)c2C)C1. The fourth-order valence-corrected chi connectivity index (χ4v) is 2.83. The van der Waals surface area contributed by atoms with Crippen LogP contribution in [0, 0.1) is 13.8 Å². The first kappa shape index (κ1) is 12.6. The van der Waals surface area contributed by atoms with Crippen LogP contribution in [-0.2, 0) is 0 Å². The molecule has 0 spiro atoms. The molecule has 1 heterocycles. The number of aryl methyl sites for hydroxylation is 1. The lowest BCUT2D eigenvalue weighted by Gasteiger charge is -2.31. The van der Waals surface area contributed by atoms with E-state index in [1.165, 1.54) is 43.5 Å². The van der Waals surface area contributed by atoms with Gasteiger partial charge in [0.2, 0.25) is 0 Å². The highest BCUT2D eigenvalue weighted by Crippen LogP contribution is 2.29. The van der Waals surface area contributed by atoms with E-state index in [1.54, 1.807) is 0 Å². The Labute approximate surface area is 105 Å². The Bertz CT molecular complexity index is 356. The number of aromatic nitrogens is 2. The van der Waals surface area contributed by atoms with Gasteiger partial charge in [0.25, 0.3) is 0 Å². The molecule has 2 atom stereocenters. The van der Waals surface area contributed by atoms with Crippen molar-refractivity contribution < 1.29 is 0 Å². The standard InChI is InChI=1S/C14H25N3/c1-4-8-15-13-6-5-7-14(9-13)17-10-16-11(2)12(17)3/h10,13-15H,4-9H2,1-3H3. The van der Waals surface area contributed by atoms with Gasteiger partial charge in [0.1, 0.15) is 0 Å². The summed E-state index contributed by atoms with van der Waals surface area (Å²) < 4.78 is 2.38. The minimum atomic E-state index is 0.652. The van der Waals surface area contributed by atoms with Crippen molar-refractivity contribution in [1.29, 1.82) is 0 Å². The van der Waals surface area contributed by atoms with Crippen LogP contribution < -0.4 is 5.32 Å². The molecule has 1 fully saturated rings. The Balaban J connectivity index is 1.99. The van der Waals surface area contributed by atoms with Gasteiger partial charge in [-0.05, 0) is 52.5 Å². The summed E-state index contributed by atoms with van der Waals surface area (Å²) in [5, 5.41) is 3.66. The normalized spacial score (nSPS) is 25.1. The van der Waals surface area contributed by atoms with Crippen LogP contribution in [0.2, 0.25) is 0 Å². The first-order valence-electron chi connectivity index (χ1n) is 6.95. The third kappa shape index (κ3) is 2.89. The highest BCUT2D eigenvalue weighted by Gasteiger charge is 2.23. The van der Waals surface area contributed by atoms with Gasteiger partial charge >= 0.3 is 0 Å². The maximum Gasteiger partial charge on any atom is 0.0954 e. The highest BCUT2D eigenvalue weighted by molar-refractivity contribution is 5.10. The van der Waals surface area contributed by atoms with E-state index in [2.05, 4.69) is 35.6 Å². The molecule has 2 unspecified atom stereocenters. The number of hydrogen-bond donors (Lipinski definition) is 1. The van der Waals surface area contributed by atoms with Crippen molar-refractivity contribution in [2.75, 3.05) is 6.54 Å². The zero-order valence-corrected chi connectivity index (χ0v) is 11.4. The molecule has 0 radical (unpaired) electrons. The number of nitrogens with zero attached hydrogens (tertiary/aromatic N) is 2. The van der Waals surface area contributed by atoms with Crippen LogP contribution in [-0.4, -0.2) is 22.1 Å². The van der Waals surface area contributed by atoms with Crippen molar-refractivity contribution in [2.24, 2.45) is 0 Å². The predicted octanol–water partition coefficient (Wildman–Crippen LogP) is 2.98. The molecule has 1 N–H and O–H groups in total. The maximum atomic E-state index is 4.42. The van der Waals surface area contributed by atoms with Gasteiger partial charge in [-0.15, -0.1) is 0 Å². The highest BCUT2D eigenvalue weighted by atomic mass is 15.1. The van der Waals surface area contributed by atoms with Crippen LogP contribution in [0.25, 0.3) is 0 Å². The summed E-state index contributed by atoms with van der Waals surface area (Å²) in [5.74, 6) is 0. The largest absolute Gasteiger partial charge is 0.332 e. The van der Waals surface area contributed by atoms with Crippen molar-refractivity contribution in [3.05, 3.63) is 17.7 Å². The molecule has 0 aromatic carbocycles. The molecule has 2 rings (SSSR count). The van der Waals surface area contributed by atoms with Crippen LogP contribution in [0.4, 0.5) is 0 Å². The van der Waals surface area contributed by atoms with Gasteiger partial charge in [-0.3, -0.25) is 0 Å². The van der Waals surface area contributed by atoms with Gasteiger partial charge in [0.05, 0.1) is 12.0 Å². The molecule has 1 saturated carbocycles. The van der Waals surface area contributed by atoms with E-state index in [4.69, 9.17) is 0 Å². The summed E-state index contributed by atoms with van der Waals surface area (Å²) in [5.41, 5.74) is 2.51. The van der Waals surface area contributed by atoms with Crippen molar-refractivity contribution in [2.45, 2.75) is 65.0 Å². The van der Waals surface area contributed by atoms with Crippen LogP contribution in [0.1, 0.15) is 56.5 Å². The van der Waals surface area contributed by atoms with Crippen molar-refractivity contribution >= 4 is 0 Å². The first-order valence-corrected chi connectivity index (χ1v) is 6.95. The summed E-state index contributed by atoms with van der Waals surface area (Å²) in [4.78, 5) is 4.42. The van der Waals surface area contributed by atoms with Gasteiger partial charge in [-0.1, -0.05) is 6.92 Å². The molecular formula is C14H25N3. The molecule has 3 heteroatoms. The third-order valence-corrected chi connectivity index (χ3v) is 4.01. The minimum Gasteiger partial charge on any atom is -0.332 e. The molecule has 0 saturated heterocycles. The van der Waals surface area contributed by atoms with E-state index in [9.17, 15) is 0 Å². The van der Waals surface area contributed by atoms with Gasteiger partial charge in [-0.25, -0.2) is 4.98 Å².